The lowest BCUT2D eigenvalue weighted by Gasteiger charge is -2.37. The minimum absolute atomic E-state index is 0.0367. The van der Waals surface area contributed by atoms with E-state index in [-0.39, 0.29) is 25.5 Å². The lowest BCUT2D eigenvalue weighted by atomic mass is 9.98. The Bertz CT molecular complexity index is 1040. The molecule has 3 heterocycles. The Hall–Kier alpha value is -2.50. The Morgan fingerprint density at radius 2 is 1.79 bits per heavy atom. The number of rotatable bonds is 5. The number of benzene rings is 1. The summed E-state index contributed by atoms with van der Waals surface area (Å²) in [7, 11) is 0. The molecule has 1 aromatic carbocycles. The van der Waals surface area contributed by atoms with Crippen molar-refractivity contribution >= 4 is 28.8 Å². The average molecular weight is 483 g/mol. The number of alkyl halides is 3. The third-order valence-corrected chi connectivity index (χ3v) is 7.23. The number of aryl methyl sites for hydroxylation is 1. The zero-order chi connectivity index (χ0) is 23.8. The van der Waals surface area contributed by atoms with E-state index in [4.69, 9.17) is 0 Å². The van der Waals surface area contributed by atoms with Crippen molar-refractivity contribution in [1.29, 1.82) is 0 Å². The molecule has 1 fully saturated rings. The fourth-order valence-corrected chi connectivity index (χ4v) is 5.12. The number of aliphatic hydroxyl groups is 1. The summed E-state index contributed by atoms with van der Waals surface area (Å²) < 4.78 is 41.0. The van der Waals surface area contributed by atoms with Crippen LogP contribution < -0.4 is 4.90 Å². The number of aromatic nitrogens is 1. The number of fused-ring (bicyclic) bond motifs is 1. The fourth-order valence-electron chi connectivity index (χ4n) is 4.20. The summed E-state index contributed by atoms with van der Waals surface area (Å²) in [6.45, 7) is 3.45. The highest BCUT2D eigenvalue weighted by Crippen LogP contribution is 2.43. The van der Waals surface area contributed by atoms with Gasteiger partial charge in [0, 0.05) is 49.5 Å². The van der Waals surface area contributed by atoms with E-state index in [2.05, 4.69) is 4.98 Å². The molecule has 1 aromatic heterocycles. The van der Waals surface area contributed by atoms with Crippen LogP contribution >= 0.6 is 11.3 Å². The van der Waals surface area contributed by atoms with Crippen molar-refractivity contribution in [2.75, 3.05) is 44.2 Å². The van der Waals surface area contributed by atoms with Crippen LogP contribution in [0.25, 0.3) is 0 Å². The van der Waals surface area contributed by atoms with E-state index in [0.717, 1.165) is 17.7 Å². The molecule has 1 unspecified atom stereocenters. The number of thiazole rings is 1. The summed E-state index contributed by atoms with van der Waals surface area (Å²) in [5.74, 6) is -0.826. The number of nitrogens with zero attached hydrogens (tertiary/aromatic N) is 4. The summed E-state index contributed by atoms with van der Waals surface area (Å²) in [6, 6.07) is 7.76. The van der Waals surface area contributed by atoms with Crippen molar-refractivity contribution in [2.24, 2.45) is 0 Å². The van der Waals surface area contributed by atoms with Crippen LogP contribution in [0.2, 0.25) is 0 Å². The minimum atomic E-state index is -5.03. The van der Waals surface area contributed by atoms with Gasteiger partial charge >= 0.3 is 6.18 Å². The van der Waals surface area contributed by atoms with Crippen LogP contribution in [0.15, 0.2) is 29.6 Å². The molecule has 0 aliphatic carbocycles. The molecule has 4 rings (SSSR count). The van der Waals surface area contributed by atoms with Crippen LogP contribution in [-0.2, 0) is 21.6 Å². The molecule has 2 aliphatic rings. The smallest absolute Gasteiger partial charge is 0.374 e. The van der Waals surface area contributed by atoms with Gasteiger partial charge in [-0.1, -0.05) is 18.2 Å². The summed E-state index contributed by atoms with van der Waals surface area (Å²) in [6.07, 6.45) is -5.34. The molecule has 11 heteroatoms. The first-order valence-corrected chi connectivity index (χ1v) is 11.6. The second-order valence-corrected chi connectivity index (χ2v) is 9.27. The van der Waals surface area contributed by atoms with Gasteiger partial charge in [0.15, 0.2) is 0 Å². The highest BCUT2D eigenvalue weighted by molar-refractivity contribution is 7.09. The monoisotopic (exact) mass is 482 g/mol. The number of piperazine rings is 1. The number of halogens is 3. The van der Waals surface area contributed by atoms with E-state index in [0.29, 0.717) is 36.7 Å². The Kier molecular flexibility index (Phi) is 6.47. The maximum Gasteiger partial charge on any atom is 0.424 e. The van der Waals surface area contributed by atoms with Crippen LogP contribution in [0.1, 0.15) is 22.7 Å². The fraction of sp³-hybridized carbons (Fsp3) is 0.500. The van der Waals surface area contributed by atoms with Crippen molar-refractivity contribution in [3.63, 3.8) is 0 Å². The molecular weight excluding hydrogens is 457 g/mol. The molecule has 0 spiro atoms. The van der Waals surface area contributed by atoms with E-state index in [9.17, 15) is 27.9 Å². The Morgan fingerprint density at radius 1 is 1.09 bits per heavy atom. The Morgan fingerprint density at radius 3 is 2.42 bits per heavy atom. The third-order valence-electron chi connectivity index (χ3n) is 6.12. The first kappa shape index (κ1) is 23.7. The molecule has 1 saturated heterocycles. The zero-order valence-corrected chi connectivity index (χ0v) is 19.0. The van der Waals surface area contributed by atoms with Gasteiger partial charge in [0.05, 0.1) is 13.0 Å². The molecule has 7 nitrogen and oxygen atoms in total. The van der Waals surface area contributed by atoms with Crippen LogP contribution in [0, 0.1) is 6.92 Å². The van der Waals surface area contributed by atoms with Gasteiger partial charge < -0.3 is 14.9 Å². The lowest BCUT2D eigenvalue weighted by molar-refractivity contribution is -0.268. The molecular formula is C22H25F3N4O3S. The quantitative estimate of drug-likeness (QED) is 0.708. The van der Waals surface area contributed by atoms with Crippen molar-refractivity contribution in [2.45, 2.75) is 31.5 Å². The number of hydrogen-bond acceptors (Lipinski definition) is 6. The highest BCUT2D eigenvalue weighted by atomic mass is 32.1. The molecule has 2 aliphatic heterocycles. The average Bonchev–Trinajstić information content (AvgIpc) is 3.40. The van der Waals surface area contributed by atoms with Gasteiger partial charge in [0.25, 0.3) is 0 Å². The second-order valence-electron chi connectivity index (χ2n) is 8.41. The van der Waals surface area contributed by atoms with Crippen LogP contribution in [0.5, 0.6) is 0 Å². The summed E-state index contributed by atoms with van der Waals surface area (Å²) in [5.41, 5.74) is -0.919. The van der Waals surface area contributed by atoms with Gasteiger partial charge in [-0.3, -0.25) is 14.5 Å². The highest BCUT2D eigenvalue weighted by Gasteiger charge is 2.58. The van der Waals surface area contributed by atoms with Gasteiger partial charge in [-0.15, -0.1) is 11.3 Å². The van der Waals surface area contributed by atoms with Crippen molar-refractivity contribution < 1.29 is 27.9 Å². The SMILES string of the molecule is Cc1csc(C(O)(CC(=O)N2CCN(CC(=O)N3CCc4ccccc43)CC2)C(F)(F)F)n1. The number of carbonyl (C=O) groups excluding carboxylic acids is 2. The van der Waals surface area contributed by atoms with Gasteiger partial charge in [0.2, 0.25) is 17.4 Å². The van der Waals surface area contributed by atoms with Gasteiger partial charge in [-0.05, 0) is 25.0 Å². The number of hydrogen-bond donors (Lipinski definition) is 1. The Labute approximate surface area is 193 Å². The molecule has 33 heavy (non-hydrogen) atoms. The van der Waals surface area contributed by atoms with Crippen LogP contribution in [-0.4, -0.2) is 77.1 Å². The molecule has 0 radical (unpaired) electrons. The van der Waals surface area contributed by atoms with E-state index in [1.54, 1.807) is 4.90 Å². The van der Waals surface area contributed by atoms with Gasteiger partial charge in [0.1, 0.15) is 5.01 Å². The molecule has 1 N–H and O–H groups in total. The maximum atomic E-state index is 13.7. The number of carbonyl (C=O) groups is 2. The molecule has 0 saturated carbocycles. The van der Waals surface area contributed by atoms with Crippen molar-refractivity contribution in [3.8, 4) is 0 Å². The number of amides is 2. The van der Waals surface area contributed by atoms with Crippen molar-refractivity contribution in [3.05, 3.63) is 45.9 Å². The van der Waals surface area contributed by atoms with E-state index < -0.39 is 29.1 Å². The topological polar surface area (TPSA) is 77.0 Å². The predicted molar refractivity (Wildman–Crippen MR) is 117 cm³/mol. The molecule has 178 valence electrons. The molecule has 2 aromatic rings. The van der Waals surface area contributed by atoms with Crippen LogP contribution in [0.4, 0.5) is 18.9 Å². The maximum absolute atomic E-state index is 13.7. The van der Waals surface area contributed by atoms with E-state index in [1.807, 2.05) is 29.2 Å². The number of para-hydroxylation sites is 1. The first-order chi connectivity index (χ1) is 15.6. The number of anilines is 1. The molecule has 1 atom stereocenters. The summed E-state index contributed by atoms with van der Waals surface area (Å²) >= 11 is 0.684. The van der Waals surface area contributed by atoms with Crippen molar-refractivity contribution in [1.82, 2.24) is 14.8 Å². The second kappa shape index (κ2) is 9.03. The first-order valence-electron chi connectivity index (χ1n) is 10.7. The summed E-state index contributed by atoms with van der Waals surface area (Å²) in [5, 5.41) is 11.3. The lowest BCUT2D eigenvalue weighted by Crippen LogP contribution is -2.53. The minimum Gasteiger partial charge on any atom is -0.374 e. The normalized spacial score (nSPS) is 18.8. The predicted octanol–water partition coefficient (Wildman–Crippen LogP) is 2.33. The molecule has 0 bridgehead atoms. The largest absolute Gasteiger partial charge is 0.424 e. The standard InChI is InChI=1S/C22H25F3N4O3S/c1-15-14-33-20(26-15)21(32,22(23,24)25)12-18(30)28-10-8-27(9-11-28)13-19(31)29-7-6-16-4-2-3-5-17(16)29/h2-5,14,32H,6-13H2,1H3. The van der Waals surface area contributed by atoms with Gasteiger partial charge in [-0.25, -0.2) is 4.98 Å². The molecule has 2 amide bonds. The third kappa shape index (κ3) is 4.75. The van der Waals surface area contributed by atoms with Crippen LogP contribution in [0.3, 0.4) is 0 Å². The van der Waals surface area contributed by atoms with Gasteiger partial charge in [-0.2, -0.15) is 13.2 Å². The zero-order valence-electron chi connectivity index (χ0n) is 18.1. The van der Waals surface area contributed by atoms with E-state index in [1.165, 1.54) is 17.2 Å². The summed E-state index contributed by atoms with van der Waals surface area (Å²) in [4.78, 5) is 34.2. The Balaban J connectivity index is 1.34. The van der Waals surface area contributed by atoms with E-state index >= 15 is 0 Å².